The number of nitrogens with zero attached hydrogens (tertiary/aromatic N) is 2. The Morgan fingerprint density at radius 1 is 1.03 bits per heavy atom. The Balaban J connectivity index is 1.55. The van der Waals surface area contributed by atoms with Gasteiger partial charge in [-0.3, -0.25) is 9.79 Å². The van der Waals surface area contributed by atoms with Crippen molar-refractivity contribution in [2.45, 2.75) is 53.4 Å². The summed E-state index contributed by atoms with van der Waals surface area (Å²) in [5, 5.41) is 4.17. The van der Waals surface area contributed by atoms with E-state index in [-0.39, 0.29) is 5.91 Å². The molecular formula is C30H30BrN3OS. The van der Waals surface area contributed by atoms with Crippen molar-refractivity contribution in [2.75, 3.05) is 5.32 Å². The van der Waals surface area contributed by atoms with Gasteiger partial charge >= 0.3 is 0 Å². The van der Waals surface area contributed by atoms with Gasteiger partial charge in [0.2, 0.25) is 0 Å². The first-order valence-electron chi connectivity index (χ1n) is 12.3. The molecule has 0 unspecified atom stereocenters. The number of hydrogen-bond acceptors (Lipinski definition) is 3. The van der Waals surface area contributed by atoms with Gasteiger partial charge in [0.05, 0.1) is 11.3 Å². The third-order valence-electron chi connectivity index (χ3n) is 6.86. The smallest absolute Gasteiger partial charge is 0.258 e. The highest BCUT2D eigenvalue weighted by atomic mass is 79.9. The number of fused-ring (bicyclic) bond motifs is 1. The number of rotatable bonds is 5. The van der Waals surface area contributed by atoms with E-state index in [1.165, 1.54) is 22.4 Å². The fraction of sp³-hybridized carbons (Fsp3) is 0.267. The quantitative estimate of drug-likeness (QED) is 0.245. The summed E-state index contributed by atoms with van der Waals surface area (Å²) in [4.78, 5) is 19.8. The van der Waals surface area contributed by atoms with Crippen molar-refractivity contribution >= 4 is 50.8 Å². The summed E-state index contributed by atoms with van der Waals surface area (Å²) in [6.07, 6.45) is 6.25. The second-order valence-corrected chi connectivity index (χ2v) is 11.6. The van der Waals surface area contributed by atoms with E-state index < -0.39 is 0 Å². The lowest BCUT2D eigenvalue weighted by Gasteiger charge is -2.14. The molecule has 0 spiro atoms. The molecule has 2 aromatic carbocycles. The minimum atomic E-state index is -0.0264. The van der Waals surface area contributed by atoms with Crippen molar-refractivity contribution in [1.29, 1.82) is 0 Å². The van der Waals surface area contributed by atoms with E-state index >= 15 is 0 Å². The molecule has 184 valence electrons. The van der Waals surface area contributed by atoms with E-state index in [9.17, 15) is 4.79 Å². The molecule has 2 heterocycles. The number of nitrogens with one attached hydrogen (secondary N) is 1. The van der Waals surface area contributed by atoms with Crippen molar-refractivity contribution in [3.63, 3.8) is 0 Å². The number of carbonyl (C=O) groups excluding carboxylic acids is 1. The van der Waals surface area contributed by atoms with Gasteiger partial charge in [0.15, 0.2) is 0 Å². The van der Waals surface area contributed by atoms with Crippen molar-refractivity contribution in [3.05, 3.63) is 97.1 Å². The van der Waals surface area contributed by atoms with Crippen LogP contribution in [-0.4, -0.2) is 16.7 Å². The first-order valence-corrected chi connectivity index (χ1v) is 13.9. The zero-order valence-corrected chi connectivity index (χ0v) is 23.5. The molecule has 1 aliphatic carbocycles. The molecule has 0 aliphatic heterocycles. The molecule has 0 atom stereocenters. The van der Waals surface area contributed by atoms with Crippen LogP contribution in [0.25, 0.3) is 5.00 Å². The summed E-state index contributed by atoms with van der Waals surface area (Å²) in [7, 11) is 0. The largest absolute Gasteiger partial charge is 0.322 e. The first-order chi connectivity index (χ1) is 17.3. The van der Waals surface area contributed by atoms with Crippen molar-refractivity contribution in [1.82, 2.24) is 4.57 Å². The maximum atomic E-state index is 13.7. The standard InChI is InChI=1S/C30H30BrN3OS/c1-18-9-12-24(13-10-18)33-29(35)28-25-7-5-6-8-27(25)36-30(28)34-20(3)16-22(21(34)4)17-32-26-14-11-23(31)15-19(26)2/h9-17H,5-8H2,1-4H3,(H,33,35). The number of anilines is 1. The second kappa shape index (κ2) is 10.2. The predicted octanol–water partition coefficient (Wildman–Crippen LogP) is 8.42. The average Bonchev–Trinajstić information content (AvgIpc) is 3.36. The van der Waals surface area contributed by atoms with Crippen molar-refractivity contribution in [3.8, 4) is 5.00 Å². The van der Waals surface area contributed by atoms with Gasteiger partial charge in [-0.1, -0.05) is 33.6 Å². The molecule has 0 saturated heterocycles. The lowest BCUT2D eigenvalue weighted by molar-refractivity contribution is 0.102. The highest BCUT2D eigenvalue weighted by Gasteiger charge is 2.28. The van der Waals surface area contributed by atoms with Crippen LogP contribution in [-0.2, 0) is 12.8 Å². The zero-order chi connectivity index (χ0) is 25.4. The van der Waals surface area contributed by atoms with E-state index in [4.69, 9.17) is 4.99 Å². The number of aryl methyl sites for hydroxylation is 4. The van der Waals surface area contributed by atoms with Crippen LogP contribution in [0.15, 0.2) is 58.0 Å². The molecule has 1 aliphatic rings. The molecule has 36 heavy (non-hydrogen) atoms. The number of aromatic nitrogens is 1. The average molecular weight is 561 g/mol. The van der Waals surface area contributed by atoms with Gasteiger partial charge in [-0.25, -0.2) is 0 Å². The Morgan fingerprint density at radius 2 is 1.78 bits per heavy atom. The lowest BCUT2D eigenvalue weighted by atomic mass is 9.95. The number of hydrogen-bond donors (Lipinski definition) is 1. The highest BCUT2D eigenvalue weighted by Crippen LogP contribution is 2.39. The summed E-state index contributed by atoms with van der Waals surface area (Å²) < 4.78 is 3.29. The van der Waals surface area contributed by atoms with Crippen molar-refractivity contribution in [2.24, 2.45) is 4.99 Å². The molecule has 1 N–H and O–H groups in total. The maximum Gasteiger partial charge on any atom is 0.258 e. The highest BCUT2D eigenvalue weighted by molar-refractivity contribution is 9.10. The fourth-order valence-electron chi connectivity index (χ4n) is 4.91. The Bertz CT molecular complexity index is 1480. The minimum absolute atomic E-state index is 0.0264. The fourth-order valence-corrected chi connectivity index (χ4v) is 6.88. The van der Waals surface area contributed by atoms with E-state index in [0.29, 0.717) is 0 Å². The summed E-state index contributed by atoms with van der Waals surface area (Å²) >= 11 is 5.29. The lowest BCUT2D eigenvalue weighted by Crippen LogP contribution is -2.17. The van der Waals surface area contributed by atoms with Crippen LogP contribution in [0.3, 0.4) is 0 Å². The molecule has 4 aromatic rings. The summed E-state index contributed by atoms with van der Waals surface area (Å²) in [6, 6.07) is 16.3. The molecular weight excluding hydrogens is 530 g/mol. The molecule has 1 amide bonds. The Kier molecular flexibility index (Phi) is 7.00. The number of carbonyl (C=O) groups is 1. The van der Waals surface area contributed by atoms with Crippen LogP contribution in [0.4, 0.5) is 11.4 Å². The molecule has 0 saturated carbocycles. The van der Waals surface area contributed by atoms with Gasteiger partial charge in [-0.15, -0.1) is 11.3 Å². The van der Waals surface area contributed by atoms with Gasteiger partial charge in [-0.2, -0.15) is 0 Å². The molecule has 5 rings (SSSR count). The Morgan fingerprint density at radius 3 is 2.53 bits per heavy atom. The SMILES string of the molecule is Cc1ccc(NC(=O)c2c(-n3c(C)cc(C=Nc4ccc(Br)cc4C)c3C)sc3c2CCCC3)cc1. The molecule has 0 radical (unpaired) electrons. The third kappa shape index (κ3) is 4.84. The van der Waals surface area contributed by atoms with E-state index in [2.05, 4.69) is 65.6 Å². The van der Waals surface area contributed by atoms with E-state index in [0.717, 1.165) is 68.2 Å². The van der Waals surface area contributed by atoms with Gasteiger partial charge in [-0.05, 0) is 101 Å². The monoisotopic (exact) mass is 559 g/mol. The van der Waals surface area contributed by atoms with Crippen LogP contribution in [0.1, 0.15) is 61.7 Å². The third-order valence-corrected chi connectivity index (χ3v) is 8.63. The maximum absolute atomic E-state index is 13.7. The normalized spacial score (nSPS) is 13.2. The molecule has 6 heteroatoms. The number of amides is 1. The van der Waals surface area contributed by atoms with Crippen LogP contribution in [0.5, 0.6) is 0 Å². The van der Waals surface area contributed by atoms with Gasteiger partial charge in [0.1, 0.15) is 5.00 Å². The number of halogens is 1. The topological polar surface area (TPSA) is 46.4 Å². The zero-order valence-electron chi connectivity index (χ0n) is 21.1. The van der Waals surface area contributed by atoms with E-state index in [1.54, 1.807) is 11.3 Å². The molecule has 2 aromatic heterocycles. The summed E-state index contributed by atoms with van der Waals surface area (Å²) in [5.74, 6) is -0.0264. The number of thiophene rings is 1. The van der Waals surface area contributed by atoms with Crippen LogP contribution < -0.4 is 5.32 Å². The van der Waals surface area contributed by atoms with Gasteiger partial charge in [0, 0.05) is 38.2 Å². The van der Waals surface area contributed by atoms with Gasteiger partial charge in [0.25, 0.3) is 5.91 Å². The molecule has 0 fully saturated rings. The van der Waals surface area contributed by atoms with Gasteiger partial charge < -0.3 is 9.88 Å². The second-order valence-electron chi connectivity index (χ2n) is 9.56. The van der Waals surface area contributed by atoms with Crippen LogP contribution >= 0.6 is 27.3 Å². The van der Waals surface area contributed by atoms with Crippen molar-refractivity contribution < 1.29 is 4.79 Å². The van der Waals surface area contributed by atoms with E-state index in [1.807, 2.05) is 42.6 Å². The van der Waals surface area contributed by atoms with Crippen LogP contribution in [0, 0.1) is 27.7 Å². The Hall–Kier alpha value is -2.96. The summed E-state index contributed by atoms with van der Waals surface area (Å²) in [6.45, 7) is 8.34. The number of aliphatic imine (C=N–C) groups is 1. The van der Waals surface area contributed by atoms with Crippen LogP contribution in [0.2, 0.25) is 0 Å². The predicted molar refractivity (Wildman–Crippen MR) is 155 cm³/mol. The summed E-state index contributed by atoms with van der Waals surface area (Å²) in [5.41, 5.74) is 9.37. The minimum Gasteiger partial charge on any atom is -0.322 e. The number of benzene rings is 2. The molecule has 0 bridgehead atoms. The molecule has 4 nitrogen and oxygen atoms in total. The first kappa shape index (κ1) is 24.7. The Labute approximate surface area is 225 Å².